The van der Waals surface area contributed by atoms with Crippen LogP contribution in [0.2, 0.25) is 0 Å². The molecule has 19 heavy (non-hydrogen) atoms. The van der Waals surface area contributed by atoms with E-state index in [1.165, 1.54) is 0 Å². The lowest BCUT2D eigenvalue weighted by atomic mass is 9.96. The summed E-state index contributed by atoms with van der Waals surface area (Å²) < 4.78 is 5.64. The highest BCUT2D eigenvalue weighted by Gasteiger charge is 2.27. The van der Waals surface area contributed by atoms with Crippen LogP contribution in [0.5, 0.6) is 0 Å². The van der Waals surface area contributed by atoms with Gasteiger partial charge in [-0.1, -0.05) is 30.3 Å². The molecule has 0 aromatic heterocycles. The Kier molecular flexibility index (Phi) is 4.56. The van der Waals surface area contributed by atoms with Gasteiger partial charge in [0, 0.05) is 19.1 Å². The number of hydrogen-bond donors (Lipinski definition) is 2. The van der Waals surface area contributed by atoms with Crippen LogP contribution >= 0.6 is 0 Å². The van der Waals surface area contributed by atoms with Crippen molar-refractivity contribution in [3.8, 4) is 0 Å². The van der Waals surface area contributed by atoms with E-state index < -0.39 is 0 Å². The van der Waals surface area contributed by atoms with E-state index in [-0.39, 0.29) is 17.9 Å². The predicted molar refractivity (Wildman–Crippen MR) is 77.5 cm³/mol. The Labute approximate surface area is 115 Å². The molecule has 1 saturated heterocycles. The first-order valence-electron chi connectivity index (χ1n) is 6.82. The molecule has 2 rings (SSSR count). The van der Waals surface area contributed by atoms with E-state index in [0.29, 0.717) is 6.04 Å². The third-order valence-electron chi connectivity index (χ3n) is 3.73. The second-order valence-corrected chi connectivity index (χ2v) is 5.37. The van der Waals surface area contributed by atoms with Gasteiger partial charge in [-0.3, -0.25) is 10.3 Å². The molecule has 104 valence electrons. The van der Waals surface area contributed by atoms with Crippen molar-refractivity contribution in [3.63, 3.8) is 0 Å². The Bertz CT molecular complexity index is 421. The zero-order chi connectivity index (χ0) is 13.8. The summed E-state index contributed by atoms with van der Waals surface area (Å²) in [4.78, 5) is 2.37. The maximum atomic E-state index is 7.84. The highest BCUT2D eigenvalue weighted by Crippen LogP contribution is 2.20. The second-order valence-electron chi connectivity index (χ2n) is 5.37. The average Bonchev–Trinajstić information content (AvgIpc) is 2.40. The number of amidine groups is 1. The number of morpholine rings is 1. The molecule has 4 nitrogen and oxygen atoms in total. The number of nitrogens with zero attached hydrogens (tertiary/aromatic N) is 1. The predicted octanol–water partition coefficient (Wildman–Crippen LogP) is 1.82. The molecule has 1 aromatic rings. The highest BCUT2D eigenvalue weighted by molar-refractivity contribution is 5.84. The van der Waals surface area contributed by atoms with Gasteiger partial charge in [0.15, 0.2) is 0 Å². The number of nitrogens with two attached hydrogens (primary N) is 1. The molecule has 0 radical (unpaired) electrons. The zero-order valence-corrected chi connectivity index (χ0v) is 11.7. The molecular formula is C15H23N3O. The molecular weight excluding hydrogens is 238 g/mol. The number of ether oxygens (including phenoxy) is 1. The fourth-order valence-corrected chi connectivity index (χ4v) is 2.53. The first kappa shape index (κ1) is 14.0. The summed E-state index contributed by atoms with van der Waals surface area (Å²) in [5, 5.41) is 7.84. The number of nitrogens with one attached hydrogen (secondary N) is 1. The van der Waals surface area contributed by atoms with E-state index in [9.17, 15) is 0 Å². The lowest BCUT2D eigenvalue weighted by molar-refractivity contribution is -0.0495. The molecule has 0 saturated carbocycles. The van der Waals surface area contributed by atoms with Gasteiger partial charge in [0.2, 0.25) is 0 Å². The normalized spacial score (nSPS) is 26.0. The summed E-state index contributed by atoms with van der Waals surface area (Å²) >= 11 is 0. The van der Waals surface area contributed by atoms with Crippen LogP contribution in [-0.4, -0.2) is 42.6 Å². The van der Waals surface area contributed by atoms with Crippen molar-refractivity contribution in [2.45, 2.75) is 31.9 Å². The maximum Gasteiger partial charge on any atom is 0.0995 e. The van der Waals surface area contributed by atoms with Gasteiger partial charge in [0.25, 0.3) is 0 Å². The zero-order valence-electron chi connectivity index (χ0n) is 11.7. The number of hydrogen-bond acceptors (Lipinski definition) is 3. The van der Waals surface area contributed by atoms with E-state index in [1.807, 2.05) is 30.3 Å². The van der Waals surface area contributed by atoms with Crippen LogP contribution in [0, 0.1) is 5.41 Å². The molecule has 0 bridgehead atoms. The maximum absolute atomic E-state index is 7.84. The lowest BCUT2D eigenvalue weighted by Gasteiger charge is -2.38. The van der Waals surface area contributed by atoms with Crippen molar-refractivity contribution in [1.82, 2.24) is 4.90 Å². The molecule has 1 aliphatic heterocycles. The standard InChI is InChI=1S/C15H23N3O/c1-11-10-19-12(2)8-18(11)9-14(15(16)17)13-6-4-3-5-7-13/h3-7,11-12,14H,8-10H2,1-2H3,(H3,16,17). The van der Waals surface area contributed by atoms with Crippen LogP contribution in [0.1, 0.15) is 25.3 Å². The minimum atomic E-state index is -0.0334. The van der Waals surface area contributed by atoms with Crippen molar-refractivity contribution in [2.75, 3.05) is 19.7 Å². The van der Waals surface area contributed by atoms with Crippen LogP contribution in [0.25, 0.3) is 0 Å². The molecule has 3 unspecified atom stereocenters. The summed E-state index contributed by atoms with van der Waals surface area (Å²) in [7, 11) is 0. The van der Waals surface area contributed by atoms with Crippen LogP contribution in [0.3, 0.4) is 0 Å². The third kappa shape index (κ3) is 3.55. The van der Waals surface area contributed by atoms with Crippen molar-refractivity contribution < 1.29 is 4.74 Å². The second kappa shape index (κ2) is 6.17. The van der Waals surface area contributed by atoms with Gasteiger partial charge in [-0.05, 0) is 19.4 Å². The van der Waals surface area contributed by atoms with Crippen molar-refractivity contribution >= 4 is 5.84 Å². The molecule has 3 atom stereocenters. The van der Waals surface area contributed by atoms with Gasteiger partial charge in [-0.25, -0.2) is 0 Å². The summed E-state index contributed by atoms with van der Waals surface area (Å²) in [6, 6.07) is 10.4. The van der Waals surface area contributed by atoms with Crippen molar-refractivity contribution in [2.24, 2.45) is 5.73 Å². The largest absolute Gasteiger partial charge is 0.387 e. The Hall–Kier alpha value is -1.39. The number of rotatable bonds is 4. The van der Waals surface area contributed by atoms with Gasteiger partial charge in [0.1, 0.15) is 0 Å². The van der Waals surface area contributed by atoms with E-state index in [2.05, 4.69) is 18.7 Å². The number of benzene rings is 1. The Morgan fingerprint density at radius 1 is 1.42 bits per heavy atom. The minimum absolute atomic E-state index is 0.0334. The molecule has 0 spiro atoms. The van der Waals surface area contributed by atoms with Crippen LogP contribution in [-0.2, 0) is 4.74 Å². The van der Waals surface area contributed by atoms with Gasteiger partial charge in [-0.15, -0.1) is 0 Å². The Balaban J connectivity index is 2.11. The van der Waals surface area contributed by atoms with Gasteiger partial charge in [0.05, 0.1) is 24.5 Å². The fraction of sp³-hybridized carbons (Fsp3) is 0.533. The molecule has 3 N–H and O–H groups in total. The van der Waals surface area contributed by atoms with Gasteiger partial charge in [-0.2, -0.15) is 0 Å². The fourth-order valence-electron chi connectivity index (χ4n) is 2.53. The Morgan fingerprint density at radius 2 is 2.11 bits per heavy atom. The Morgan fingerprint density at radius 3 is 2.74 bits per heavy atom. The molecule has 1 fully saturated rings. The van der Waals surface area contributed by atoms with Crippen molar-refractivity contribution in [3.05, 3.63) is 35.9 Å². The molecule has 0 aliphatic carbocycles. The topological polar surface area (TPSA) is 62.3 Å². The molecule has 4 heteroatoms. The van der Waals surface area contributed by atoms with E-state index >= 15 is 0 Å². The molecule has 1 aromatic carbocycles. The quantitative estimate of drug-likeness (QED) is 0.642. The molecule has 1 aliphatic rings. The van der Waals surface area contributed by atoms with E-state index in [0.717, 1.165) is 25.3 Å². The first-order valence-corrected chi connectivity index (χ1v) is 6.82. The lowest BCUT2D eigenvalue weighted by Crippen LogP contribution is -2.49. The van der Waals surface area contributed by atoms with E-state index in [4.69, 9.17) is 15.9 Å². The smallest absolute Gasteiger partial charge is 0.0995 e. The van der Waals surface area contributed by atoms with Crippen molar-refractivity contribution in [1.29, 1.82) is 5.41 Å². The summed E-state index contributed by atoms with van der Waals surface area (Å²) in [5.41, 5.74) is 6.90. The van der Waals surface area contributed by atoms with Gasteiger partial charge >= 0.3 is 0 Å². The van der Waals surface area contributed by atoms with Crippen LogP contribution in [0.15, 0.2) is 30.3 Å². The SMILES string of the molecule is CC1CN(CC(C(=N)N)c2ccccc2)C(C)CO1. The average molecular weight is 261 g/mol. The first-order chi connectivity index (χ1) is 9.08. The van der Waals surface area contributed by atoms with Gasteiger partial charge < -0.3 is 10.5 Å². The van der Waals surface area contributed by atoms with Crippen LogP contribution < -0.4 is 5.73 Å². The summed E-state index contributed by atoms with van der Waals surface area (Å²) in [5.74, 6) is 0.200. The van der Waals surface area contributed by atoms with Crippen LogP contribution in [0.4, 0.5) is 0 Å². The van der Waals surface area contributed by atoms with E-state index in [1.54, 1.807) is 0 Å². The third-order valence-corrected chi connectivity index (χ3v) is 3.73. The monoisotopic (exact) mass is 261 g/mol. The minimum Gasteiger partial charge on any atom is -0.387 e. The molecule has 1 heterocycles. The summed E-state index contributed by atoms with van der Waals surface area (Å²) in [6.45, 7) is 6.69. The highest BCUT2D eigenvalue weighted by atomic mass is 16.5. The summed E-state index contributed by atoms with van der Waals surface area (Å²) in [6.07, 6.45) is 0.250. The molecule has 0 amide bonds.